The van der Waals surface area contributed by atoms with Crippen LogP contribution in [0.4, 0.5) is 5.69 Å². The van der Waals surface area contributed by atoms with Crippen molar-refractivity contribution in [3.8, 4) is 0 Å². The van der Waals surface area contributed by atoms with Gasteiger partial charge in [0.2, 0.25) is 0 Å². The number of benzene rings is 1. The summed E-state index contributed by atoms with van der Waals surface area (Å²) < 4.78 is 0.943. The Labute approximate surface area is 117 Å². The van der Waals surface area contributed by atoms with Gasteiger partial charge < -0.3 is 15.5 Å². The van der Waals surface area contributed by atoms with Gasteiger partial charge in [0, 0.05) is 29.3 Å². The molecule has 4 nitrogen and oxygen atoms in total. The van der Waals surface area contributed by atoms with Gasteiger partial charge in [-0.25, -0.2) is 0 Å². The first-order chi connectivity index (χ1) is 8.41. The van der Waals surface area contributed by atoms with E-state index in [0.717, 1.165) is 35.2 Å². The fourth-order valence-electron chi connectivity index (χ4n) is 1.80. The molecule has 1 rings (SSSR count). The summed E-state index contributed by atoms with van der Waals surface area (Å²) in [5, 5.41) is 7.63. The molecule has 0 aliphatic rings. The number of hydrogen-bond donors (Lipinski definition) is 2. The summed E-state index contributed by atoms with van der Waals surface area (Å²) in [4.78, 5) is 4.31. The number of nitrogens with one attached hydrogen (secondary N) is 1. The molecule has 1 aromatic carbocycles. The van der Waals surface area contributed by atoms with Crippen molar-refractivity contribution < 1.29 is 0 Å². The molecule has 1 aromatic rings. The third-order valence-corrected chi connectivity index (χ3v) is 3.25. The number of halogens is 1. The summed E-state index contributed by atoms with van der Waals surface area (Å²) in [7, 11) is 6.17. The van der Waals surface area contributed by atoms with Gasteiger partial charge in [0.1, 0.15) is 5.84 Å². The minimum absolute atomic E-state index is 0.103. The summed E-state index contributed by atoms with van der Waals surface area (Å²) >= 11 is 3.41. The first kappa shape index (κ1) is 15.0. The molecule has 0 heterocycles. The summed E-state index contributed by atoms with van der Waals surface area (Å²) in [6, 6.07) is 5.86. The Morgan fingerprint density at radius 3 is 2.50 bits per heavy atom. The SMILES string of the molecule is CN(C)CCCN(C)c1ccc(Br)cc1C(=N)N. The van der Waals surface area contributed by atoms with Crippen LogP contribution >= 0.6 is 15.9 Å². The van der Waals surface area contributed by atoms with E-state index >= 15 is 0 Å². The lowest BCUT2D eigenvalue weighted by Gasteiger charge is -2.23. The first-order valence-corrected chi connectivity index (χ1v) is 6.71. The molecule has 3 N–H and O–H groups in total. The van der Waals surface area contributed by atoms with Gasteiger partial charge in [-0.05, 0) is 45.3 Å². The van der Waals surface area contributed by atoms with Gasteiger partial charge >= 0.3 is 0 Å². The molecule has 0 saturated heterocycles. The van der Waals surface area contributed by atoms with Gasteiger partial charge in [0.15, 0.2) is 0 Å². The van der Waals surface area contributed by atoms with Crippen LogP contribution in [0.1, 0.15) is 12.0 Å². The van der Waals surface area contributed by atoms with Gasteiger partial charge in [-0.2, -0.15) is 0 Å². The second-order valence-corrected chi connectivity index (χ2v) is 5.57. The molecule has 18 heavy (non-hydrogen) atoms. The molecule has 0 saturated carbocycles. The van der Waals surface area contributed by atoms with Gasteiger partial charge in [0.25, 0.3) is 0 Å². The van der Waals surface area contributed by atoms with Crippen LogP contribution < -0.4 is 10.6 Å². The summed E-state index contributed by atoms with van der Waals surface area (Å²) in [5.41, 5.74) is 7.40. The maximum absolute atomic E-state index is 7.63. The van der Waals surface area contributed by atoms with E-state index in [1.54, 1.807) is 0 Å². The monoisotopic (exact) mass is 312 g/mol. The van der Waals surface area contributed by atoms with Crippen LogP contribution in [0.2, 0.25) is 0 Å². The quantitative estimate of drug-likeness (QED) is 0.625. The predicted octanol–water partition coefficient (Wildman–Crippen LogP) is 2.12. The number of nitrogen functional groups attached to an aromatic ring is 1. The van der Waals surface area contributed by atoms with E-state index in [1.165, 1.54) is 0 Å². The molecule has 100 valence electrons. The molecule has 0 spiro atoms. The highest BCUT2D eigenvalue weighted by molar-refractivity contribution is 9.10. The molecule has 0 aliphatic carbocycles. The molecule has 0 bridgehead atoms. The van der Waals surface area contributed by atoms with Crippen molar-refractivity contribution in [3.63, 3.8) is 0 Å². The number of amidine groups is 1. The van der Waals surface area contributed by atoms with E-state index in [1.807, 2.05) is 25.2 Å². The molecule has 0 radical (unpaired) electrons. The second kappa shape index (κ2) is 6.75. The largest absolute Gasteiger partial charge is 0.384 e. The predicted molar refractivity (Wildman–Crippen MR) is 81.6 cm³/mol. The number of anilines is 1. The van der Waals surface area contributed by atoms with Crippen LogP contribution in [0, 0.1) is 5.41 Å². The van der Waals surface area contributed by atoms with Gasteiger partial charge in [-0.15, -0.1) is 0 Å². The number of nitrogens with zero attached hydrogens (tertiary/aromatic N) is 2. The highest BCUT2D eigenvalue weighted by Gasteiger charge is 2.10. The Bertz CT molecular complexity index is 417. The van der Waals surface area contributed by atoms with Crippen molar-refractivity contribution in [3.05, 3.63) is 28.2 Å². The topological polar surface area (TPSA) is 56.4 Å². The lowest BCUT2D eigenvalue weighted by Crippen LogP contribution is -2.26. The maximum atomic E-state index is 7.63. The Morgan fingerprint density at radius 1 is 1.28 bits per heavy atom. The minimum Gasteiger partial charge on any atom is -0.384 e. The fourth-order valence-corrected chi connectivity index (χ4v) is 2.16. The van der Waals surface area contributed by atoms with Crippen molar-refractivity contribution in [1.29, 1.82) is 5.41 Å². The van der Waals surface area contributed by atoms with Crippen LogP contribution in [0.15, 0.2) is 22.7 Å². The van der Waals surface area contributed by atoms with E-state index in [2.05, 4.69) is 39.8 Å². The van der Waals surface area contributed by atoms with Gasteiger partial charge in [-0.1, -0.05) is 15.9 Å². The molecular weight excluding hydrogens is 292 g/mol. The van der Waals surface area contributed by atoms with Crippen LogP contribution in [0.25, 0.3) is 0 Å². The molecule has 0 atom stereocenters. The summed E-state index contributed by atoms with van der Waals surface area (Å²) in [6.45, 7) is 2.00. The van der Waals surface area contributed by atoms with Crippen molar-refractivity contribution in [2.24, 2.45) is 5.73 Å². The zero-order chi connectivity index (χ0) is 13.7. The maximum Gasteiger partial charge on any atom is 0.124 e. The smallest absolute Gasteiger partial charge is 0.124 e. The third kappa shape index (κ3) is 4.31. The van der Waals surface area contributed by atoms with E-state index in [9.17, 15) is 0 Å². The average Bonchev–Trinajstić information content (AvgIpc) is 2.28. The van der Waals surface area contributed by atoms with E-state index < -0.39 is 0 Å². The third-order valence-electron chi connectivity index (χ3n) is 2.76. The van der Waals surface area contributed by atoms with Crippen LogP contribution in [-0.2, 0) is 0 Å². The lowest BCUT2D eigenvalue weighted by atomic mass is 10.1. The van der Waals surface area contributed by atoms with E-state index in [-0.39, 0.29) is 5.84 Å². The van der Waals surface area contributed by atoms with Crippen LogP contribution in [0.5, 0.6) is 0 Å². The second-order valence-electron chi connectivity index (χ2n) is 4.65. The van der Waals surface area contributed by atoms with Crippen LogP contribution in [0.3, 0.4) is 0 Å². The Balaban J connectivity index is 2.78. The van der Waals surface area contributed by atoms with Crippen molar-refractivity contribution in [1.82, 2.24) is 4.90 Å². The highest BCUT2D eigenvalue weighted by atomic mass is 79.9. The zero-order valence-electron chi connectivity index (χ0n) is 11.2. The normalized spacial score (nSPS) is 10.7. The van der Waals surface area contributed by atoms with Crippen LogP contribution in [-0.4, -0.2) is 45.0 Å². The van der Waals surface area contributed by atoms with Gasteiger partial charge in [0.05, 0.1) is 0 Å². The Hall–Kier alpha value is -1.07. The molecule has 5 heteroatoms. The highest BCUT2D eigenvalue weighted by Crippen LogP contribution is 2.23. The number of nitrogens with two attached hydrogens (primary N) is 1. The Morgan fingerprint density at radius 2 is 1.94 bits per heavy atom. The standard InChI is InChI=1S/C13H21BrN4/c1-17(2)7-4-8-18(3)12-6-5-10(14)9-11(12)13(15)16/h5-6,9H,4,7-8H2,1-3H3,(H3,15,16). The molecule has 0 amide bonds. The van der Waals surface area contributed by atoms with Gasteiger partial charge in [-0.3, -0.25) is 5.41 Å². The molecule has 0 fully saturated rings. The number of rotatable bonds is 6. The summed E-state index contributed by atoms with van der Waals surface area (Å²) in [5.74, 6) is 0.103. The Kier molecular flexibility index (Phi) is 5.62. The van der Waals surface area contributed by atoms with E-state index in [0.29, 0.717) is 0 Å². The molecular formula is C13H21BrN4. The molecule has 0 aliphatic heterocycles. The van der Waals surface area contributed by atoms with Crippen molar-refractivity contribution in [2.75, 3.05) is 39.1 Å². The first-order valence-electron chi connectivity index (χ1n) is 5.91. The molecule has 0 aromatic heterocycles. The van der Waals surface area contributed by atoms with Crippen molar-refractivity contribution in [2.45, 2.75) is 6.42 Å². The van der Waals surface area contributed by atoms with E-state index in [4.69, 9.17) is 11.1 Å². The zero-order valence-corrected chi connectivity index (χ0v) is 12.8. The summed E-state index contributed by atoms with van der Waals surface area (Å²) in [6.07, 6.45) is 1.08. The van der Waals surface area contributed by atoms with Crippen molar-refractivity contribution >= 4 is 27.5 Å². The number of hydrogen-bond acceptors (Lipinski definition) is 3. The fraction of sp³-hybridized carbons (Fsp3) is 0.462. The minimum atomic E-state index is 0.103. The lowest BCUT2D eigenvalue weighted by molar-refractivity contribution is 0.401. The average molecular weight is 313 g/mol. The molecule has 0 unspecified atom stereocenters.